The fourth-order valence-electron chi connectivity index (χ4n) is 4.59. The maximum absolute atomic E-state index is 11.4. The van der Waals surface area contributed by atoms with Crippen LogP contribution >= 0.6 is 23.2 Å². The number of anilines is 1. The van der Waals surface area contributed by atoms with Crippen LogP contribution in [0, 0.1) is 5.92 Å². The zero-order chi connectivity index (χ0) is 24.0. The molecule has 1 saturated carbocycles. The highest BCUT2D eigenvalue weighted by molar-refractivity contribution is 6.44. The third-order valence-electron chi connectivity index (χ3n) is 7.10. The van der Waals surface area contributed by atoms with Gasteiger partial charge >= 0.3 is 0 Å². The molecule has 0 radical (unpaired) electrons. The number of nitrogens with zero attached hydrogens (tertiary/aromatic N) is 3. The zero-order valence-electron chi connectivity index (χ0n) is 19.9. The molecular formula is C25H36Cl2N4O2. The molecular weight excluding hydrogens is 459 g/mol. The predicted octanol–water partition coefficient (Wildman–Crippen LogP) is 4.88. The van der Waals surface area contributed by atoms with E-state index in [0.717, 1.165) is 76.0 Å². The van der Waals surface area contributed by atoms with Crippen LogP contribution in [0.1, 0.15) is 52.4 Å². The van der Waals surface area contributed by atoms with Gasteiger partial charge in [0.2, 0.25) is 0 Å². The summed E-state index contributed by atoms with van der Waals surface area (Å²) in [5.74, 6) is 2.03. The lowest BCUT2D eigenvalue weighted by atomic mass is 9.85. The Morgan fingerprint density at radius 1 is 1.27 bits per heavy atom. The van der Waals surface area contributed by atoms with Crippen molar-refractivity contribution < 1.29 is 9.90 Å². The van der Waals surface area contributed by atoms with Crippen molar-refractivity contribution in [2.24, 2.45) is 10.9 Å². The van der Waals surface area contributed by atoms with Crippen molar-refractivity contribution >= 4 is 41.0 Å². The lowest BCUT2D eigenvalue weighted by Gasteiger charge is -2.42. The number of aldehydes is 1. The quantitative estimate of drug-likeness (QED) is 0.244. The van der Waals surface area contributed by atoms with Crippen LogP contribution in [0.25, 0.3) is 0 Å². The third-order valence-corrected chi connectivity index (χ3v) is 7.91. The largest absolute Gasteiger partial charge is 0.393 e. The van der Waals surface area contributed by atoms with Gasteiger partial charge in [-0.1, -0.05) is 29.3 Å². The molecule has 1 aliphatic heterocycles. The number of carbonyl (C=O) groups excluding carboxylic acids is 1. The van der Waals surface area contributed by atoms with E-state index in [2.05, 4.69) is 17.1 Å². The van der Waals surface area contributed by atoms with E-state index in [1.807, 2.05) is 31.0 Å². The Kier molecular flexibility index (Phi) is 9.22. The van der Waals surface area contributed by atoms with Crippen molar-refractivity contribution in [2.45, 2.75) is 64.0 Å². The third kappa shape index (κ3) is 6.95. The number of halogens is 2. The number of piperidine rings is 1. The monoisotopic (exact) mass is 494 g/mol. The van der Waals surface area contributed by atoms with Crippen LogP contribution in [0.2, 0.25) is 10.0 Å². The summed E-state index contributed by atoms with van der Waals surface area (Å²) in [6, 6.07) is 5.49. The van der Waals surface area contributed by atoms with Crippen LogP contribution in [0.15, 0.2) is 35.1 Å². The van der Waals surface area contributed by atoms with Crippen LogP contribution in [-0.4, -0.2) is 60.5 Å². The Morgan fingerprint density at radius 2 is 1.94 bits per heavy atom. The second-order valence-corrected chi connectivity index (χ2v) is 10.3. The van der Waals surface area contributed by atoms with Crippen molar-refractivity contribution in [3.8, 4) is 0 Å². The molecule has 0 bridgehead atoms. The molecule has 6 nitrogen and oxygen atoms in total. The van der Waals surface area contributed by atoms with E-state index >= 15 is 0 Å². The number of nitrogens with one attached hydrogen (secondary N) is 1. The van der Waals surface area contributed by atoms with Crippen LogP contribution in [-0.2, 0) is 4.79 Å². The molecule has 1 aliphatic carbocycles. The molecule has 0 unspecified atom stereocenters. The topological polar surface area (TPSA) is 68.2 Å². The standard InChI is InChI=1S/C25H36Cl2N4O2/c1-18(30(3)22-6-4-5-21(26)24(22)27)29-23(11-16-32)31-14-12-25(2,13-15-31)28-17-19-7-9-20(33)10-8-19/h4-6,11,16,19-20,28,33H,7-10,12-15,17H2,1-3H3/b23-11+,29-18-. The molecule has 8 heteroatoms. The van der Waals surface area contributed by atoms with Crippen molar-refractivity contribution in [3.05, 3.63) is 40.1 Å². The van der Waals surface area contributed by atoms with Gasteiger partial charge in [-0.25, -0.2) is 4.99 Å². The first-order valence-corrected chi connectivity index (χ1v) is 12.5. The van der Waals surface area contributed by atoms with E-state index in [9.17, 15) is 9.90 Å². The van der Waals surface area contributed by atoms with E-state index < -0.39 is 0 Å². The molecule has 0 spiro atoms. The molecule has 2 aliphatic rings. The Bertz CT molecular complexity index is 873. The lowest BCUT2D eigenvalue weighted by molar-refractivity contribution is -0.104. The maximum Gasteiger partial charge on any atom is 0.146 e. The van der Waals surface area contributed by atoms with Crippen LogP contribution in [0.4, 0.5) is 5.69 Å². The first-order valence-electron chi connectivity index (χ1n) is 11.8. The number of hydrogen-bond donors (Lipinski definition) is 2. The van der Waals surface area contributed by atoms with E-state index in [-0.39, 0.29) is 11.6 Å². The second-order valence-electron chi connectivity index (χ2n) is 9.56. The second kappa shape index (κ2) is 11.7. The average Bonchev–Trinajstić information content (AvgIpc) is 2.80. The molecule has 0 amide bonds. The number of likely N-dealkylation sites (tertiary alicyclic amines) is 1. The van der Waals surface area contributed by atoms with Gasteiger partial charge in [0.25, 0.3) is 0 Å². The number of hydrogen-bond acceptors (Lipinski definition) is 5. The van der Waals surface area contributed by atoms with Gasteiger partial charge in [0.1, 0.15) is 17.9 Å². The molecule has 182 valence electrons. The zero-order valence-corrected chi connectivity index (χ0v) is 21.4. The minimum absolute atomic E-state index is 0.0721. The molecule has 0 aromatic heterocycles. The van der Waals surface area contributed by atoms with Gasteiger partial charge in [0.15, 0.2) is 0 Å². The normalized spacial score (nSPS) is 24.0. The van der Waals surface area contributed by atoms with Gasteiger partial charge in [-0.2, -0.15) is 0 Å². The first kappa shape index (κ1) is 26.0. The summed E-state index contributed by atoms with van der Waals surface area (Å²) in [7, 11) is 1.89. The van der Waals surface area contributed by atoms with Gasteiger partial charge in [-0.3, -0.25) is 4.79 Å². The highest BCUT2D eigenvalue weighted by Gasteiger charge is 2.31. The van der Waals surface area contributed by atoms with Crippen molar-refractivity contribution in [2.75, 3.05) is 31.6 Å². The number of allylic oxidation sites excluding steroid dienone is 1. The smallest absolute Gasteiger partial charge is 0.146 e. The molecule has 1 aromatic rings. The highest BCUT2D eigenvalue weighted by atomic mass is 35.5. The van der Waals surface area contributed by atoms with Crippen LogP contribution < -0.4 is 10.2 Å². The average molecular weight is 495 g/mol. The molecule has 2 fully saturated rings. The fourth-order valence-corrected chi connectivity index (χ4v) is 5.01. The number of carbonyl (C=O) groups is 1. The Hall–Kier alpha value is -1.60. The van der Waals surface area contributed by atoms with Gasteiger partial charge in [0, 0.05) is 31.8 Å². The molecule has 3 rings (SSSR count). The SMILES string of the molecule is C/C(=N/C(=C\C=O)N1CCC(C)(NCC2CCC(O)CC2)CC1)N(C)c1cccc(Cl)c1Cl. The van der Waals surface area contributed by atoms with Crippen molar-refractivity contribution in [1.82, 2.24) is 10.2 Å². The Labute approximate surface area is 207 Å². The highest BCUT2D eigenvalue weighted by Crippen LogP contribution is 2.32. The molecule has 1 aromatic carbocycles. The molecule has 1 heterocycles. The number of rotatable bonds is 7. The summed E-state index contributed by atoms with van der Waals surface area (Å²) >= 11 is 12.5. The van der Waals surface area contributed by atoms with E-state index in [1.165, 1.54) is 6.08 Å². The van der Waals surface area contributed by atoms with E-state index in [4.69, 9.17) is 28.2 Å². The molecule has 33 heavy (non-hydrogen) atoms. The van der Waals surface area contributed by atoms with Crippen molar-refractivity contribution in [3.63, 3.8) is 0 Å². The van der Waals surface area contributed by atoms with Crippen molar-refractivity contribution in [1.29, 1.82) is 0 Å². The predicted molar refractivity (Wildman–Crippen MR) is 137 cm³/mol. The number of amidine groups is 1. The molecule has 2 N–H and O–H groups in total. The van der Waals surface area contributed by atoms with Crippen LogP contribution in [0.3, 0.4) is 0 Å². The van der Waals surface area contributed by atoms with E-state index in [0.29, 0.717) is 21.8 Å². The van der Waals surface area contributed by atoms with E-state index in [1.54, 1.807) is 6.07 Å². The van der Waals surface area contributed by atoms with Gasteiger partial charge < -0.3 is 20.2 Å². The molecule has 1 saturated heterocycles. The van der Waals surface area contributed by atoms with Crippen LogP contribution in [0.5, 0.6) is 0 Å². The summed E-state index contributed by atoms with van der Waals surface area (Å²) in [4.78, 5) is 20.2. The Morgan fingerprint density at radius 3 is 2.58 bits per heavy atom. The fraction of sp³-hybridized carbons (Fsp3) is 0.600. The summed E-state index contributed by atoms with van der Waals surface area (Å²) in [6.45, 7) is 6.83. The minimum Gasteiger partial charge on any atom is -0.393 e. The number of aliphatic imine (C=N–C) groups is 1. The summed E-state index contributed by atoms with van der Waals surface area (Å²) in [5, 5.41) is 14.5. The summed E-state index contributed by atoms with van der Waals surface area (Å²) < 4.78 is 0. The Balaban J connectivity index is 1.61. The summed E-state index contributed by atoms with van der Waals surface area (Å²) in [5.41, 5.74) is 0.837. The lowest BCUT2D eigenvalue weighted by Crippen LogP contribution is -2.52. The van der Waals surface area contributed by atoms with Gasteiger partial charge in [0.05, 0.1) is 21.8 Å². The maximum atomic E-state index is 11.4. The first-order chi connectivity index (χ1) is 15.7. The molecule has 0 atom stereocenters. The number of aliphatic hydroxyl groups is 1. The van der Waals surface area contributed by atoms with Gasteiger partial charge in [-0.05, 0) is 77.0 Å². The van der Waals surface area contributed by atoms with Gasteiger partial charge in [-0.15, -0.1) is 0 Å². The number of benzene rings is 1. The summed E-state index contributed by atoms with van der Waals surface area (Å²) in [6.07, 6.45) is 8.20. The number of aliphatic hydroxyl groups excluding tert-OH is 1. The minimum atomic E-state index is -0.110.